The molecule has 90 valence electrons. The highest BCUT2D eigenvalue weighted by Gasteiger charge is 2.20. The summed E-state index contributed by atoms with van der Waals surface area (Å²) in [4.78, 5) is 0. The van der Waals surface area contributed by atoms with Gasteiger partial charge in [-0.15, -0.1) is 12.4 Å². The van der Waals surface area contributed by atoms with E-state index in [1.807, 2.05) is 12.1 Å². The Morgan fingerprint density at radius 2 is 2.06 bits per heavy atom. The first-order valence-corrected chi connectivity index (χ1v) is 5.30. The van der Waals surface area contributed by atoms with E-state index in [0.717, 1.165) is 18.0 Å². The zero-order valence-corrected chi connectivity index (χ0v) is 10.5. The van der Waals surface area contributed by atoms with E-state index in [0.29, 0.717) is 6.04 Å². The van der Waals surface area contributed by atoms with Crippen molar-refractivity contribution >= 4 is 12.4 Å². The fraction of sp³-hybridized carbons (Fsp3) is 0.500. The highest BCUT2D eigenvalue weighted by atomic mass is 35.5. The second-order valence-corrected chi connectivity index (χ2v) is 3.76. The first-order chi connectivity index (χ1) is 7.35. The van der Waals surface area contributed by atoms with E-state index < -0.39 is 0 Å². The zero-order valence-electron chi connectivity index (χ0n) is 9.66. The van der Waals surface area contributed by atoms with Crippen molar-refractivity contribution in [2.75, 3.05) is 20.8 Å². The Hall–Kier alpha value is -0.930. The summed E-state index contributed by atoms with van der Waals surface area (Å²) >= 11 is 0. The van der Waals surface area contributed by atoms with E-state index >= 15 is 0 Å². The normalized spacial score (nSPS) is 19.0. The van der Waals surface area contributed by atoms with Crippen LogP contribution in [0.1, 0.15) is 24.4 Å². The standard InChI is InChI=1S/C12H17NO2.ClH/c1-14-9-5-6-12(15-2)10(8-9)11-4-3-7-13-11;/h5-6,8,11,13H,3-4,7H2,1-2H3;1H/t11-;/m0./s1. The predicted molar refractivity (Wildman–Crippen MR) is 66.8 cm³/mol. The smallest absolute Gasteiger partial charge is 0.123 e. The fourth-order valence-corrected chi connectivity index (χ4v) is 2.06. The van der Waals surface area contributed by atoms with Gasteiger partial charge in [-0.1, -0.05) is 0 Å². The second kappa shape index (κ2) is 5.97. The van der Waals surface area contributed by atoms with Crippen molar-refractivity contribution in [2.24, 2.45) is 0 Å². The summed E-state index contributed by atoms with van der Waals surface area (Å²) < 4.78 is 10.6. The summed E-state index contributed by atoms with van der Waals surface area (Å²) in [5.41, 5.74) is 1.20. The molecule has 1 aromatic rings. The molecule has 0 saturated carbocycles. The number of methoxy groups -OCH3 is 2. The number of hydrogen-bond donors (Lipinski definition) is 1. The van der Waals surface area contributed by atoms with E-state index in [1.54, 1.807) is 14.2 Å². The topological polar surface area (TPSA) is 30.5 Å². The molecule has 1 atom stereocenters. The van der Waals surface area contributed by atoms with Crippen LogP contribution in [0.2, 0.25) is 0 Å². The van der Waals surface area contributed by atoms with Crippen molar-refractivity contribution in [2.45, 2.75) is 18.9 Å². The molecular weight excluding hydrogens is 226 g/mol. The van der Waals surface area contributed by atoms with Gasteiger partial charge in [-0.05, 0) is 37.6 Å². The van der Waals surface area contributed by atoms with Crippen LogP contribution in [0.25, 0.3) is 0 Å². The maximum atomic E-state index is 5.36. The predicted octanol–water partition coefficient (Wildman–Crippen LogP) is 2.55. The van der Waals surface area contributed by atoms with Gasteiger partial charge in [-0.2, -0.15) is 0 Å². The van der Waals surface area contributed by atoms with Gasteiger partial charge in [-0.3, -0.25) is 0 Å². The van der Waals surface area contributed by atoms with Crippen molar-refractivity contribution in [1.29, 1.82) is 0 Å². The summed E-state index contributed by atoms with van der Waals surface area (Å²) in [6.07, 6.45) is 2.40. The average Bonchev–Trinajstić information content (AvgIpc) is 2.81. The molecule has 0 aromatic heterocycles. The average molecular weight is 244 g/mol. The van der Waals surface area contributed by atoms with Gasteiger partial charge in [0, 0.05) is 11.6 Å². The number of benzene rings is 1. The minimum absolute atomic E-state index is 0. The van der Waals surface area contributed by atoms with Gasteiger partial charge < -0.3 is 14.8 Å². The molecule has 1 aliphatic heterocycles. The Labute approximate surface area is 103 Å². The summed E-state index contributed by atoms with van der Waals surface area (Å²) in [6, 6.07) is 6.36. The molecule has 2 rings (SSSR count). The van der Waals surface area contributed by atoms with Crippen molar-refractivity contribution in [3.8, 4) is 11.5 Å². The van der Waals surface area contributed by atoms with Crippen molar-refractivity contribution in [3.63, 3.8) is 0 Å². The SMILES string of the molecule is COc1ccc(OC)c([C@@H]2CCCN2)c1.Cl. The molecule has 1 aliphatic rings. The van der Waals surface area contributed by atoms with Crippen molar-refractivity contribution < 1.29 is 9.47 Å². The number of nitrogens with one attached hydrogen (secondary N) is 1. The maximum absolute atomic E-state index is 5.36. The highest BCUT2D eigenvalue weighted by Crippen LogP contribution is 2.33. The van der Waals surface area contributed by atoms with Crippen LogP contribution in [-0.2, 0) is 0 Å². The Morgan fingerprint density at radius 1 is 1.25 bits per heavy atom. The summed E-state index contributed by atoms with van der Waals surface area (Å²) in [5.74, 6) is 1.83. The maximum Gasteiger partial charge on any atom is 0.123 e. The molecule has 1 fully saturated rings. The number of hydrogen-bond acceptors (Lipinski definition) is 3. The lowest BCUT2D eigenvalue weighted by Crippen LogP contribution is -2.13. The first-order valence-electron chi connectivity index (χ1n) is 5.30. The zero-order chi connectivity index (χ0) is 10.7. The van der Waals surface area contributed by atoms with Gasteiger partial charge >= 0.3 is 0 Å². The van der Waals surface area contributed by atoms with Crippen LogP contribution < -0.4 is 14.8 Å². The van der Waals surface area contributed by atoms with E-state index in [4.69, 9.17) is 9.47 Å². The van der Waals surface area contributed by atoms with Gasteiger partial charge in [0.25, 0.3) is 0 Å². The minimum atomic E-state index is 0. The van der Waals surface area contributed by atoms with Gasteiger partial charge in [0.2, 0.25) is 0 Å². The van der Waals surface area contributed by atoms with Crippen LogP contribution >= 0.6 is 12.4 Å². The van der Waals surface area contributed by atoms with Gasteiger partial charge in [0.1, 0.15) is 11.5 Å². The number of ether oxygens (including phenoxy) is 2. The van der Waals surface area contributed by atoms with Crippen molar-refractivity contribution in [1.82, 2.24) is 5.32 Å². The molecule has 16 heavy (non-hydrogen) atoms. The molecule has 3 nitrogen and oxygen atoms in total. The lowest BCUT2D eigenvalue weighted by Gasteiger charge is -2.15. The molecular formula is C12H18ClNO2. The Kier molecular flexibility index (Phi) is 4.90. The van der Waals surface area contributed by atoms with E-state index in [-0.39, 0.29) is 12.4 Å². The molecule has 0 bridgehead atoms. The van der Waals surface area contributed by atoms with E-state index in [2.05, 4.69) is 11.4 Å². The minimum Gasteiger partial charge on any atom is -0.497 e. The molecule has 0 amide bonds. The van der Waals surface area contributed by atoms with E-state index in [1.165, 1.54) is 18.4 Å². The van der Waals surface area contributed by atoms with Gasteiger partial charge in [0.05, 0.1) is 14.2 Å². The summed E-state index contributed by atoms with van der Waals surface area (Å²) in [7, 11) is 3.40. The van der Waals surface area contributed by atoms with E-state index in [9.17, 15) is 0 Å². The monoisotopic (exact) mass is 243 g/mol. The third kappa shape index (κ3) is 2.60. The van der Waals surface area contributed by atoms with Crippen LogP contribution in [0.3, 0.4) is 0 Å². The molecule has 0 unspecified atom stereocenters. The molecule has 1 aromatic carbocycles. The first kappa shape index (κ1) is 13.1. The second-order valence-electron chi connectivity index (χ2n) is 3.76. The molecule has 1 saturated heterocycles. The summed E-state index contributed by atoms with van der Waals surface area (Å²) in [5, 5.41) is 3.46. The number of halogens is 1. The lowest BCUT2D eigenvalue weighted by molar-refractivity contribution is 0.393. The Bertz CT molecular complexity index is 338. The van der Waals surface area contributed by atoms with Gasteiger partial charge in [-0.25, -0.2) is 0 Å². The molecule has 0 aliphatic carbocycles. The highest BCUT2D eigenvalue weighted by molar-refractivity contribution is 5.85. The molecule has 4 heteroatoms. The quantitative estimate of drug-likeness (QED) is 0.885. The Balaban J connectivity index is 0.00000128. The third-order valence-corrected chi connectivity index (χ3v) is 2.87. The van der Waals surface area contributed by atoms with Crippen LogP contribution in [0.15, 0.2) is 18.2 Å². The molecule has 0 spiro atoms. The molecule has 1 N–H and O–H groups in total. The molecule has 0 radical (unpaired) electrons. The lowest BCUT2D eigenvalue weighted by atomic mass is 10.0. The number of rotatable bonds is 3. The van der Waals surface area contributed by atoms with Crippen LogP contribution in [0.4, 0.5) is 0 Å². The van der Waals surface area contributed by atoms with Gasteiger partial charge in [0.15, 0.2) is 0 Å². The fourth-order valence-electron chi connectivity index (χ4n) is 2.06. The van der Waals surface area contributed by atoms with Crippen LogP contribution in [-0.4, -0.2) is 20.8 Å². The third-order valence-electron chi connectivity index (χ3n) is 2.87. The Morgan fingerprint density at radius 3 is 2.62 bits per heavy atom. The van der Waals surface area contributed by atoms with Crippen molar-refractivity contribution in [3.05, 3.63) is 23.8 Å². The summed E-state index contributed by atoms with van der Waals surface area (Å²) in [6.45, 7) is 1.09. The van der Waals surface area contributed by atoms with Crippen LogP contribution in [0, 0.1) is 0 Å². The molecule has 1 heterocycles. The largest absolute Gasteiger partial charge is 0.497 e. The van der Waals surface area contributed by atoms with Crippen LogP contribution in [0.5, 0.6) is 11.5 Å².